The van der Waals surface area contributed by atoms with Crippen LogP contribution in [-0.2, 0) is 14.3 Å². The summed E-state index contributed by atoms with van der Waals surface area (Å²) in [5, 5.41) is 3.89. The van der Waals surface area contributed by atoms with Crippen molar-refractivity contribution in [2.45, 2.75) is 6.92 Å². The van der Waals surface area contributed by atoms with Crippen molar-refractivity contribution in [2.75, 3.05) is 25.6 Å². The molecule has 0 spiro atoms. The van der Waals surface area contributed by atoms with Crippen LogP contribution in [0.3, 0.4) is 0 Å². The van der Waals surface area contributed by atoms with Crippen molar-refractivity contribution in [3.05, 3.63) is 58.2 Å². The Morgan fingerprint density at radius 2 is 1.87 bits per heavy atom. The normalized spacial score (nSPS) is 10.5. The van der Waals surface area contributed by atoms with Crippen molar-refractivity contribution in [3.63, 3.8) is 0 Å². The quantitative estimate of drug-likeness (QED) is 0.538. The number of rotatable bonds is 7. The highest BCUT2D eigenvalue weighted by Gasteiger charge is 2.16. The third kappa shape index (κ3) is 5.31. The first-order chi connectivity index (χ1) is 14.4. The number of hydrogen-bond donors (Lipinski definition) is 1. The molecule has 0 aliphatic carbocycles. The molecule has 7 nitrogen and oxygen atoms in total. The minimum atomic E-state index is -0.734. The van der Waals surface area contributed by atoms with Crippen LogP contribution in [0.25, 0.3) is 10.9 Å². The fourth-order valence-corrected chi connectivity index (χ4v) is 3.21. The number of carbonyl (C=O) groups is 2. The first-order valence-electron chi connectivity index (χ1n) is 8.85. The number of carbonyl (C=O) groups excluding carboxylic acids is 2. The molecule has 0 atom stereocenters. The van der Waals surface area contributed by atoms with Crippen molar-refractivity contribution in [1.29, 1.82) is 0 Å². The zero-order valence-corrected chi connectivity index (χ0v) is 17.7. The first kappa shape index (κ1) is 21.7. The maximum Gasteiger partial charge on any atom is 0.344 e. The Morgan fingerprint density at radius 1 is 1.07 bits per heavy atom. The smallest absolute Gasteiger partial charge is 0.344 e. The summed E-state index contributed by atoms with van der Waals surface area (Å²) < 4.78 is 15.6. The number of aromatic nitrogens is 1. The van der Waals surface area contributed by atoms with Crippen LogP contribution in [0.2, 0.25) is 10.0 Å². The van der Waals surface area contributed by atoms with Gasteiger partial charge >= 0.3 is 5.97 Å². The van der Waals surface area contributed by atoms with Crippen LogP contribution in [0.5, 0.6) is 11.5 Å². The minimum absolute atomic E-state index is 0.217. The molecule has 0 saturated heterocycles. The van der Waals surface area contributed by atoms with Gasteiger partial charge in [0.2, 0.25) is 0 Å². The predicted molar refractivity (Wildman–Crippen MR) is 115 cm³/mol. The number of esters is 1. The maximum absolute atomic E-state index is 12.0. The van der Waals surface area contributed by atoms with Crippen LogP contribution in [0, 0.1) is 6.92 Å². The van der Waals surface area contributed by atoms with Gasteiger partial charge in [-0.1, -0.05) is 29.3 Å². The van der Waals surface area contributed by atoms with Gasteiger partial charge in [-0.15, -0.1) is 0 Å². The molecule has 0 bridgehead atoms. The SMILES string of the molecule is COc1cccc(NC(=O)COC(=O)COc2c(Cl)cc(Cl)c3ccc(C)nc23)c1. The molecule has 1 N–H and O–H groups in total. The van der Waals surface area contributed by atoms with Crippen molar-refractivity contribution in [1.82, 2.24) is 4.98 Å². The number of pyridine rings is 1. The van der Waals surface area contributed by atoms with Gasteiger partial charge in [0.05, 0.1) is 17.2 Å². The highest BCUT2D eigenvalue weighted by molar-refractivity contribution is 6.39. The van der Waals surface area contributed by atoms with Crippen LogP contribution < -0.4 is 14.8 Å². The Bertz CT molecular complexity index is 1100. The molecule has 3 rings (SSSR count). The highest BCUT2D eigenvalue weighted by atomic mass is 35.5. The lowest BCUT2D eigenvalue weighted by molar-refractivity contribution is -0.149. The number of nitrogens with zero attached hydrogens (tertiary/aromatic N) is 1. The summed E-state index contributed by atoms with van der Waals surface area (Å²) >= 11 is 12.4. The highest BCUT2D eigenvalue weighted by Crippen LogP contribution is 2.37. The van der Waals surface area contributed by atoms with E-state index in [1.807, 2.05) is 6.92 Å². The molecule has 1 aromatic heterocycles. The van der Waals surface area contributed by atoms with E-state index in [0.717, 1.165) is 5.69 Å². The van der Waals surface area contributed by atoms with Gasteiger partial charge in [-0.3, -0.25) is 4.79 Å². The summed E-state index contributed by atoms with van der Waals surface area (Å²) in [7, 11) is 1.52. The van der Waals surface area contributed by atoms with Crippen molar-refractivity contribution in [3.8, 4) is 11.5 Å². The number of nitrogens with one attached hydrogen (secondary N) is 1. The number of benzene rings is 2. The van der Waals surface area contributed by atoms with E-state index in [1.54, 1.807) is 36.4 Å². The number of hydrogen-bond acceptors (Lipinski definition) is 6. The third-order valence-corrected chi connectivity index (χ3v) is 4.62. The number of ether oxygens (including phenoxy) is 3. The number of methoxy groups -OCH3 is 1. The Morgan fingerprint density at radius 3 is 2.63 bits per heavy atom. The lowest BCUT2D eigenvalue weighted by atomic mass is 10.2. The zero-order valence-electron chi connectivity index (χ0n) is 16.2. The zero-order chi connectivity index (χ0) is 21.7. The molecule has 156 valence electrons. The molecule has 3 aromatic rings. The van der Waals surface area contributed by atoms with E-state index in [9.17, 15) is 9.59 Å². The molecule has 30 heavy (non-hydrogen) atoms. The maximum atomic E-state index is 12.0. The van der Waals surface area contributed by atoms with E-state index in [1.165, 1.54) is 13.2 Å². The Hall–Kier alpha value is -3.03. The lowest BCUT2D eigenvalue weighted by Gasteiger charge is -2.12. The topological polar surface area (TPSA) is 86.8 Å². The van der Waals surface area contributed by atoms with Crippen molar-refractivity contribution in [2.24, 2.45) is 0 Å². The molecular weight excluding hydrogens is 431 g/mol. The second kappa shape index (κ2) is 9.65. The summed E-state index contributed by atoms with van der Waals surface area (Å²) in [6.07, 6.45) is 0. The molecule has 2 aromatic carbocycles. The third-order valence-electron chi connectivity index (χ3n) is 4.03. The van der Waals surface area contributed by atoms with Gasteiger partial charge < -0.3 is 19.5 Å². The van der Waals surface area contributed by atoms with Crippen LogP contribution in [-0.4, -0.2) is 37.2 Å². The summed E-state index contributed by atoms with van der Waals surface area (Å²) in [6, 6.07) is 11.9. The number of amides is 1. The number of anilines is 1. The molecule has 0 unspecified atom stereocenters. The van der Waals surface area contributed by atoms with Crippen LogP contribution in [0.15, 0.2) is 42.5 Å². The van der Waals surface area contributed by atoms with Gasteiger partial charge in [-0.2, -0.15) is 0 Å². The minimum Gasteiger partial charge on any atom is -0.497 e. The van der Waals surface area contributed by atoms with Crippen LogP contribution >= 0.6 is 23.2 Å². The van der Waals surface area contributed by atoms with E-state index in [0.29, 0.717) is 27.4 Å². The molecule has 0 aliphatic heterocycles. The summed E-state index contributed by atoms with van der Waals surface area (Å²) in [5.41, 5.74) is 1.70. The number of halogens is 2. The van der Waals surface area contributed by atoms with E-state index in [2.05, 4.69) is 10.3 Å². The van der Waals surface area contributed by atoms with Gasteiger partial charge in [-0.05, 0) is 37.3 Å². The largest absolute Gasteiger partial charge is 0.497 e. The molecular formula is C21H18Cl2N2O5. The molecule has 0 saturated carbocycles. The molecule has 0 aliphatic rings. The van der Waals surface area contributed by atoms with E-state index in [-0.39, 0.29) is 10.8 Å². The average Bonchev–Trinajstić information content (AvgIpc) is 2.72. The fourth-order valence-electron chi connectivity index (χ4n) is 2.64. The van der Waals surface area contributed by atoms with Gasteiger partial charge in [0.1, 0.15) is 11.3 Å². The first-order valence-corrected chi connectivity index (χ1v) is 9.60. The molecule has 1 amide bonds. The monoisotopic (exact) mass is 448 g/mol. The standard InChI is InChI=1S/C21H18Cl2N2O5/c1-12-6-7-15-16(22)9-17(23)21(20(15)24-12)30-11-19(27)29-10-18(26)25-13-4-3-5-14(8-13)28-2/h3-9H,10-11H2,1-2H3,(H,25,26). The van der Waals surface area contributed by atoms with E-state index in [4.69, 9.17) is 37.4 Å². The van der Waals surface area contributed by atoms with Crippen molar-refractivity contribution >= 4 is 51.7 Å². The average molecular weight is 449 g/mol. The van der Waals surface area contributed by atoms with Gasteiger partial charge in [0.25, 0.3) is 5.91 Å². The van der Waals surface area contributed by atoms with Crippen LogP contribution in [0.4, 0.5) is 5.69 Å². The van der Waals surface area contributed by atoms with E-state index < -0.39 is 25.1 Å². The second-order valence-corrected chi connectivity index (χ2v) is 7.06. The second-order valence-electron chi connectivity index (χ2n) is 6.25. The number of fused-ring (bicyclic) bond motifs is 1. The van der Waals surface area contributed by atoms with Crippen LogP contribution in [0.1, 0.15) is 5.69 Å². The Kier molecular flexibility index (Phi) is 6.97. The van der Waals surface area contributed by atoms with E-state index >= 15 is 0 Å². The molecule has 0 radical (unpaired) electrons. The summed E-state index contributed by atoms with van der Waals surface area (Å²) in [4.78, 5) is 28.4. The lowest BCUT2D eigenvalue weighted by Crippen LogP contribution is -2.23. The number of aryl methyl sites for hydroxylation is 1. The van der Waals surface area contributed by atoms with Gasteiger partial charge in [0.15, 0.2) is 19.0 Å². The molecule has 9 heteroatoms. The predicted octanol–water partition coefficient (Wildman–Crippen LogP) is 4.42. The molecule has 0 fully saturated rings. The molecule has 1 heterocycles. The summed E-state index contributed by atoms with van der Waals surface area (Å²) in [6.45, 7) is 0.900. The summed E-state index contributed by atoms with van der Waals surface area (Å²) in [5.74, 6) is -0.418. The van der Waals surface area contributed by atoms with Crippen molar-refractivity contribution < 1.29 is 23.8 Å². The Labute approximate surface area is 182 Å². The fraction of sp³-hybridized carbons (Fsp3) is 0.190. The van der Waals surface area contributed by atoms with Gasteiger partial charge in [0, 0.05) is 22.8 Å². The Balaban J connectivity index is 1.58. The van der Waals surface area contributed by atoms with Gasteiger partial charge in [-0.25, -0.2) is 9.78 Å².